The van der Waals surface area contributed by atoms with E-state index in [2.05, 4.69) is 4.98 Å². The SMILES string of the molecule is COc1ccc(OCC2c3cc(OC)c(OC)cc3CCN2C(=O)c2cncc(N(C)C)c2)cc1. The number of aromatic nitrogens is 1. The van der Waals surface area contributed by atoms with Crippen molar-refractivity contribution in [1.29, 1.82) is 0 Å². The second-order valence-corrected chi connectivity index (χ2v) is 8.48. The lowest BCUT2D eigenvalue weighted by atomic mass is 9.91. The highest BCUT2D eigenvalue weighted by Crippen LogP contribution is 2.39. The number of nitrogens with zero attached hydrogens (tertiary/aromatic N) is 3. The quantitative estimate of drug-likeness (QED) is 0.486. The molecule has 2 aromatic carbocycles. The van der Waals surface area contributed by atoms with Crippen molar-refractivity contribution in [2.75, 3.05) is 53.5 Å². The molecule has 0 saturated carbocycles. The fourth-order valence-electron chi connectivity index (χ4n) is 4.25. The van der Waals surface area contributed by atoms with Crippen LogP contribution in [-0.4, -0.2) is 64.4 Å². The third-order valence-electron chi connectivity index (χ3n) is 6.22. The van der Waals surface area contributed by atoms with E-state index in [-0.39, 0.29) is 18.6 Å². The van der Waals surface area contributed by atoms with Crippen LogP contribution in [-0.2, 0) is 6.42 Å². The zero-order chi connectivity index (χ0) is 24.9. The van der Waals surface area contributed by atoms with Gasteiger partial charge in [-0.25, -0.2) is 0 Å². The fraction of sp³-hybridized carbons (Fsp3) is 0.333. The first-order valence-corrected chi connectivity index (χ1v) is 11.4. The molecule has 0 N–H and O–H groups in total. The van der Waals surface area contributed by atoms with Gasteiger partial charge in [0.1, 0.15) is 18.1 Å². The van der Waals surface area contributed by atoms with Gasteiger partial charge in [0.2, 0.25) is 0 Å². The molecule has 3 aromatic rings. The molecule has 35 heavy (non-hydrogen) atoms. The van der Waals surface area contributed by atoms with Crippen molar-refractivity contribution in [2.24, 2.45) is 0 Å². The van der Waals surface area contributed by atoms with Crippen LogP contribution in [0, 0.1) is 0 Å². The summed E-state index contributed by atoms with van der Waals surface area (Å²) < 4.78 is 22.5. The summed E-state index contributed by atoms with van der Waals surface area (Å²) in [6, 6.07) is 12.9. The Kier molecular flexibility index (Phi) is 7.29. The van der Waals surface area contributed by atoms with Crippen molar-refractivity contribution in [3.63, 3.8) is 0 Å². The third-order valence-corrected chi connectivity index (χ3v) is 6.22. The standard InChI is InChI=1S/C27H31N3O5/c1-29(2)20-12-19(15-28-16-20)27(31)30-11-10-18-13-25(33-4)26(34-5)14-23(18)24(30)17-35-22-8-6-21(32-3)7-9-22/h6-9,12-16,24H,10-11,17H2,1-5H3. The van der Waals surface area contributed by atoms with E-state index in [9.17, 15) is 4.79 Å². The molecule has 1 aromatic heterocycles. The van der Waals surface area contributed by atoms with Crippen LogP contribution in [0.3, 0.4) is 0 Å². The largest absolute Gasteiger partial charge is 0.497 e. The molecule has 0 aliphatic carbocycles. The van der Waals surface area contributed by atoms with Gasteiger partial charge in [0, 0.05) is 26.8 Å². The van der Waals surface area contributed by atoms with Crippen molar-refractivity contribution in [2.45, 2.75) is 12.5 Å². The third kappa shape index (κ3) is 5.11. The van der Waals surface area contributed by atoms with Crippen LogP contribution in [0.2, 0.25) is 0 Å². The molecular weight excluding hydrogens is 446 g/mol. The molecule has 2 heterocycles. The zero-order valence-corrected chi connectivity index (χ0v) is 20.8. The molecule has 1 unspecified atom stereocenters. The molecule has 1 aliphatic heterocycles. The molecule has 0 fully saturated rings. The number of amides is 1. The van der Waals surface area contributed by atoms with Crippen LogP contribution >= 0.6 is 0 Å². The molecule has 0 spiro atoms. The summed E-state index contributed by atoms with van der Waals surface area (Å²) in [5.41, 5.74) is 3.49. The first-order chi connectivity index (χ1) is 16.9. The second kappa shape index (κ2) is 10.5. The Hall–Kier alpha value is -3.94. The van der Waals surface area contributed by atoms with E-state index in [1.165, 1.54) is 0 Å². The van der Waals surface area contributed by atoms with Gasteiger partial charge < -0.3 is 28.7 Å². The van der Waals surface area contributed by atoms with E-state index in [0.717, 1.165) is 22.6 Å². The number of anilines is 1. The predicted molar refractivity (Wildman–Crippen MR) is 134 cm³/mol. The maximum atomic E-state index is 13.7. The van der Waals surface area contributed by atoms with Gasteiger partial charge in [-0.15, -0.1) is 0 Å². The number of carbonyl (C=O) groups excluding carboxylic acids is 1. The number of fused-ring (bicyclic) bond motifs is 1. The van der Waals surface area contributed by atoms with Crippen LogP contribution in [0.4, 0.5) is 5.69 Å². The summed E-state index contributed by atoms with van der Waals surface area (Å²) in [6.45, 7) is 0.825. The van der Waals surface area contributed by atoms with E-state index in [1.807, 2.05) is 66.4 Å². The topological polar surface area (TPSA) is 73.4 Å². The summed E-state index contributed by atoms with van der Waals surface area (Å²) in [4.78, 5) is 21.8. The molecule has 4 rings (SSSR count). The number of methoxy groups -OCH3 is 3. The highest BCUT2D eigenvalue weighted by molar-refractivity contribution is 5.95. The van der Waals surface area contributed by atoms with E-state index in [1.54, 1.807) is 33.7 Å². The van der Waals surface area contributed by atoms with Crippen LogP contribution in [0.15, 0.2) is 54.9 Å². The molecule has 1 atom stereocenters. The van der Waals surface area contributed by atoms with Crippen molar-refractivity contribution in [1.82, 2.24) is 9.88 Å². The summed E-state index contributed by atoms with van der Waals surface area (Å²) in [5.74, 6) is 2.64. The van der Waals surface area contributed by atoms with Crippen LogP contribution in [0.25, 0.3) is 0 Å². The maximum absolute atomic E-state index is 13.7. The first-order valence-electron chi connectivity index (χ1n) is 11.4. The number of ether oxygens (including phenoxy) is 4. The molecule has 1 aliphatic rings. The van der Waals surface area contributed by atoms with Crippen LogP contribution in [0.5, 0.6) is 23.0 Å². The molecular formula is C27H31N3O5. The van der Waals surface area contributed by atoms with E-state index >= 15 is 0 Å². The van der Waals surface area contributed by atoms with Crippen LogP contribution < -0.4 is 23.8 Å². The molecule has 0 radical (unpaired) electrons. The average molecular weight is 478 g/mol. The van der Waals surface area contributed by atoms with Crippen LogP contribution in [0.1, 0.15) is 27.5 Å². The molecule has 0 bridgehead atoms. The minimum atomic E-state index is -0.323. The number of pyridine rings is 1. The Morgan fingerprint density at radius 2 is 1.66 bits per heavy atom. The summed E-state index contributed by atoms with van der Waals surface area (Å²) >= 11 is 0. The lowest BCUT2D eigenvalue weighted by molar-refractivity contribution is 0.0589. The van der Waals surface area contributed by atoms with E-state index < -0.39 is 0 Å². The predicted octanol–water partition coefficient (Wildman–Crippen LogP) is 3.99. The van der Waals surface area contributed by atoms with Gasteiger partial charge >= 0.3 is 0 Å². The van der Waals surface area contributed by atoms with Crippen molar-refractivity contribution < 1.29 is 23.7 Å². The number of carbonyl (C=O) groups is 1. The Balaban J connectivity index is 1.69. The normalized spacial score (nSPS) is 14.7. The Labute approximate surface area is 206 Å². The smallest absolute Gasteiger partial charge is 0.256 e. The minimum absolute atomic E-state index is 0.0926. The lowest BCUT2D eigenvalue weighted by Gasteiger charge is -2.37. The molecule has 0 saturated heterocycles. The van der Waals surface area contributed by atoms with Gasteiger partial charge in [-0.1, -0.05) is 0 Å². The van der Waals surface area contributed by atoms with Crippen molar-refractivity contribution in [3.8, 4) is 23.0 Å². The Morgan fingerprint density at radius 1 is 0.971 bits per heavy atom. The Bertz CT molecular complexity index is 1180. The highest BCUT2D eigenvalue weighted by Gasteiger charge is 2.33. The van der Waals surface area contributed by atoms with E-state index in [4.69, 9.17) is 18.9 Å². The van der Waals surface area contributed by atoms with Gasteiger partial charge in [0.25, 0.3) is 5.91 Å². The Morgan fingerprint density at radius 3 is 2.31 bits per heavy atom. The second-order valence-electron chi connectivity index (χ2n) is 8.48. The first kappa shape index (κ1) is 24.2. The lowest BCUT2D eigenvalue weighted by Crippen LogP contribution is -2.42. The zero-order valence-electron chi connectivity index (χ0n) is 20.8. The highest BCUT2D eigenvalue weighted by atomic mass is 16.5. The van der Waals surface area contributed by atoms with Gasteiger partial charge in [-0.05, 0) is 60.0 Å². The van der Waals surface area contributed by atoms with Crippen molar-refractivity contribution >= 4 is 11.6 Å². The summed E-state index contributed by atoms with van der Waals surface area (Å²) in [5, 5.41) is 0. The van der Waals surface area contributed by atoms with Gasteiger partial charge in [0.05, 0.1) is 44.8 Å². The average Bonchev–Trinajstić information content (AvgIpc) is 2.90. The number of benzene rings is 2. The van der Waals surface area contributed by atoms with E-state index in [0.29, 0.717) is 35.8 Å². The number of hydrogen-bond acceptors (Lipinski definition) is 7. The summed E-state index contributed by atoms with van der Waals surface area (Å²) in [6.07, 6.45) is 4.05. The van der Waals surface area contributed by atoms with Gasteiger partial charge in [-0.3, -0.25) is 9.78 Å². The minimum Gasteiger partial charge on any atom is -0.497 e. The van der Waals surface area contributed by atoms with Gasteiger partial charge in [0.15, 0.2) is 11.5 Å². The fourth-order valence-corrected chi connectivity index (χ4v) is 4.25. The molecule has 184 valence electrons. The number of hydrogen-bond donors (Lipinski definition) is 0. The monoisotopic (exact) mass is 477 g/mol. The molecule has 8 heteroatoms. The van der Waals surface area contributed by atoms with Gasteiger partial charge in [-0.2, -0.15) is 0 Å². The summed E-state index contributed by atoms with van der Waals surface area (Å²) in [7, 11) is 8.70. The maximum Gasteiger partial charge on any atom is 0.256 e. The molecule has 1 amide bonds. The van der Waals surface area contributed by atoms with Crippen molar-refractivity contribution in [3.05, 3.63) is 71.5 Å². The molecule has 8 nitrogen and oxygen atoms in total. The number of rotatable bonds is 8.